The van der Waals surface area contributed by atoms with Crippen molar-refractivity contribution < 1.29 is 23.2 Å². The number of hydrogen-bond donors (Lipinski definition) is 2. The first kappa shape index (κ1) is 28.4. The predicted octanol–water partition coefficient (Wildman–Crippen LogP) is 4.22. The van der Waals surface area contributed by atoms with E-state index in [9.17, 15) is 9.36 Å². The van der Waals surface area contributed by atoms with Crippen LogP contribution in [0.2, 0.25) is 0 Å². The average Bonchev–Trinajstić information content (AvgIpc) is 3.62. The first-order chi connectivity index (χ1) is 19.8. The van der Waals surface area contributed by atoms with Gasteiger partial charge in [-0.15, -0.1) is 0 Å². The van der Waals surface area contributed by atoms with Gasteiger partial charge in [0.2, 0.25) is 0 Å². The van der Waals surface area contributed by atoms with E-state index in [1.165, 1.54) is 11.4 Å². The number of hydrogen-bond acceptors (Lipinski definition) is 10. The topological polar surface area (TPSA) is 161 Å². The van der Waals surface area contributed by atoms with E-state index in [-0.39, 0.29) is 25.0 Å². The minimum Gasteiger partial charge on any atom is -0.382 e. The maximum Gasteiger partial charge on any atom is 0.458 e. The highest BCUT2D eigenvalue weighted by molar-refractivity contribution is 7.51. The molecular formula is C28H32N7O5P. The molecule has 41 heavy (non-hydrogen) atoms. The van der Waals surface area contributed by atoms with E-state index < -0.39 is 19.8 Å². The molecule has 0 amide bonds. The van der Waals surface area contributed by atoms with E-state index >= 15 is 0 Å². The number of carbonyl (C=O) groups is 1. The number of imidazole rings is 1. The number of benzene rings is 2. The van der Waals surface area contributed by atoms with Gasteiger partial charge in [-0.1, -0.05) is 60.7 Å². The SMILES string of the molecule is CCON(c1ccccc1)[C@@H](Cc1ccccc1)C(=O)OP(N)(=O)OC[C@H]1C=C[C@@H](n2cnc3c(N)ncnc32)C1. The van der Waals surface area contributed by atoms with Crippen molar-refractivity contribution in [2.24, 2.45) is 11.4 Å². The van der Waals surface area contributed by atoms with E-state index in [0.717, 1.165) is 5.56 Å². The molecule has 0 fully saturated rings. The lowest BCUT2D eigenvalue weighted by Crippen LogP contribution is -2.44. The summed E-state index contributed by atoms with van der Waals surface area (Å²) in [7, 11) is -4.26. The molecule has 2 heterocycles. The second kappa shape index (κ2) is 12.6. The third-order valence-corrected chi connectivity index (χ3v) is 7.63. The Bertz CT molecular complexity index is 1550. The fourth-order valence-electron chi connectivity index (χ4n) is 4.77. The standard InChI is InChI=1S/C28H32N7O5P/c1-2-38-35(22-11-7-4-8-12-22)24(16-20-9-5-3-6-10-20)28(36)40-41(30,37)39-17-21-13-14-23(15-21)34-19-33-25-26(29)31-18-32-27(25)34/h3-14,18-19,21,23-24H,2,15-17H2,1H3,(H2,30,37)(H2,29,31,32)/t21-,23+,24-,41?/m0/s1. The molecule has 1 aliphatic carbocycles. The second-order valence-electron chi connectivity index (χ2n) is 9.56. The summed E-state index contributed by atoms with van der Waals surface area (Å²) in [5, 5.41) is 1.46. The van der Waals surface area contributed by atoms with Crippen LogP contribution < -0.4 is 16.3 Å². The molecule has 4 aromatic rings. The summed E-state index contributed by atoms with van der Waals surface area (Å²) in [4.78, 5) is 31.9. The van der Waals surface area contributed by atoms with Gasteiger partial charge in [0.05, 0.1) is 31.3 Å². The van der Waals surface area contributed by atoms with Crippen molar-refractivity contribution in [1.82, 2.24) is 19.5 Å². The van der Waals surface area contributed by atoms with Crippen molar-refractivity contribution in [2.75, 3.05) is 24.0 Å². The third-order valence-electron chi connectivity index (χ3n) is 6.69. The molecular weight excluding hydrogens is 545 g/mol. The first-order valence-corrected chi connectivity index (χ1v) is 14.8. The molecule has 0 radical (unpaired) electrons. The van der Waals surface area contributed by atoms with Crippen molar-refractivity contribution in [3.63, 3.8) is 0 Å². The van der Waals surface area contributed by atoms with Gasteiger partial charge in [0.1, 0.15) is 11.8 Å². The Kier molecular flexibility index (Phi) is 8.75. The highest BCUT2D eigenvalue weighted by Crippen LogP contribution is 2.42. The van der Waals surface area contributed by atoms with Gasteiger partial charge in [0.15, 0.2) is 17.5 Å². The van der Waals surface area contributed by atoms with Crippen LogP contribution in [-0.4, -0.2) is 44.7 Å². The highest BCUT2D eigenvalue weighted by Gasteiger charge is 2.35. The van der Waals surface area contributed by atoms with Gasteiger partial charge in [-0.05, 0) is 31.0 Å². The lowest BCUT2D eigenvalue weighted by Gasteiger charge is -2.31. The number of fused-ring (bicyclic) bond motifs is 1. The first-order valence-electron chi connectivity index (χ1n) is 13.2. The zero-order chi connectivity index (χ0) is 28.8. The molecule has 12 nitrogen and oxygen atoms in total. The number of carbonyl (C=O) groups excluding carboxylic acids is 1. The average molecular weight is 578 g/mol. The van der Waals surface area contributed by atoms with Crippen LogP contribution in [0.25, 0.3) is 11.2 Å². The van der Waals surface area contributed by atoms with Crippen LogP contribution in [0.5, 0.6) is 0 Å². The van der Waals surface area contributed by atoms with Crippen LogP contribution in [0.4, 0.5) is 11.5 Å². The zero-order valence-electron chi connectivity index (χ0n) is 22.5. The van der Waals surface area contributed by atoms with Gasteiger partial charge in [0, 0.05) is 12.3 Å². The van der Waals surface area contributed by atoms with Gasteiger partial charge in [-0.2, -0.15) is 0 Å². The van der Waals surface area contributed by atoms with E-state index in [0.29, 0.717) is 35.7 Å². The molecule has 1 aliphatic rings. The molecule has 0 aliphatic heterocycles. The van der Waals surface area contributed by atoms with Gasteiger partial charge >= 0.3 is 13.7 Å². The van der Waals surface area contributed by atoms with E-state index in [4.69, 9.17) is 25.1 Å². The molecule has 1 unspecified atom stereocenters. The highest BCUT2D eigenvalue weighted by atomic mass is 31.2. The van der Waals surface area contributed by atoms with Crippen LogP contribution in [0.3, 0.4) is 0 Å². The lowest BCUT2D eigenvalue weighted by molar-refractivity contribution is -0.138. The van der Waals surface area contributed by atoms with Gasteiger partial charge in [-0.25, -0.2) is 34.9 Å². The number of hydroxylamine groups is 1. The van der Waals surface area contributed by atoms with E-state index in [2.05, 4.69) is 15.0 Å². The Morgan fingerprint density at radius 3 is 2.56 bits per heavy atom. The molecule has 5 rings (SSSR count). The number of aromatic nitrogens is 4. The zero-order valence-corrected chi connectivity index (χ0v) is 23.4. The summed E-state index contributed by atoms with van der Waals surface area (Å²) in [6.45, 7) is 2.11. The largest absolute Gasteiger partial charge is 0.458 e. The van der Waals surface area contributed by atoms with Gasteiger partial charge in [-0.3, -0.25) is 9.36 Å². The molecule has 0 saturated carbocycles. The summed E-state index contributed by atoms with van der Waals surface area (Å²) in [6.07, 6.45) is 7.82. The molecule has 214 valence electrons. The molecule has 4 atom stereocenters. The van der Waals surface area contributed by atoms with Crippen molar-refractivity contribution in [3.8, 4) is 0 Å². The Balaban J connectivity index is 1.25. The summed E-state index contributed by atoms with van der Waals surface area (Å²) in [5.74, 6) is -0.641. The van der Waals surface area contributed by atoms with Gasteiger partial charge in [0.25, 0.3) is 0 Å². The fraction of sp³-hybridized carbons (Fsp3) is 0.286. The van der Waals surface area contributed by atoms with Gasteiger partial charge < -0.3 is 14.8 Å². The minimum atomic E-state index is -4.26. The number of rotatable bonds is 12. The van der Waals surface area contributed by atoms with Crippen molar-refractivity contribution in [2.45, 2.75) is 31.8 Å². The molecule has 2 aromatic carbocycles. The molecule has 0 bridgehead atoms. The van der Waals surface area contributed by atoms with Crippen molar-refractivity contribution in [1.29, 1.82) is 0 Å². The summed E-state index contributed by atoms with van der Waals surface area (Å²) in [6, 6.07) is 17.5. The smallest absolute Gasteiger partial charge is 0.382 e. The van der Waals surface area contributed by atoms with Crippen molar-refractivity contribution in [3.05, 3.63) is 91.0 Å². The maximum absolute atomic E-state index is 13.5. The van der Waals surface area contributed by atoms with Crippen LogP contribution in [0, 0.1) is 5.92 Å². The predicted molar refractivity (Wildman–Crippen MR) is 154 cm³/mol. The summed E-state index contributed by atoms with van der Waals surface area (Å²) in [5.41, 5.74) is 14.5. The second-order valence-corrected chi connectivity index (χ2v) is 11.1. The summed E-state index contributed by atoms with van der Waals surface area (Å²) < 4.78 is 25.9. The monoisotopic (exact) mass is 577 g/mol. The molecule has 13 heteroatoms. The Morgan fingerprint density at radius 1 is 1.10 bits per heavy atom. The molecule has 2 aromatic heterocycles. The number of nitrogen functional groups attached to an aromatic ring is 1. The van der Waals surface area contributed by atoms with Crippen LogP contribution >= 0.6 is 7.75 Å². The quantitative estimate of drug-likeness (QED) is 0.141. The fourth-order valence-corrected chi connectivity index (χ4v) is 5.59. The Hall–Kier alpha value is -4.09. The number of anilines is 2. The third kappa shape index (κ3) is 6.80. The Morgan fingerprint density at radius 2 is 1.83 bits per heavy atom. The maximum atomic E-state index is 13.5. The molecule has 4 N–H and O–H groups in total. The van der Waals surface area contributed by atoms with Crippen LogP contribution in [0.1, 0.15) is 24.9 Å². The van der Waals surface area contributed by atoms with E-state index in [1.54, 1.807) is 6.33 Å². The van der Waals surface area contributed by atoms with Crippen molar-refractivity contribution >= 4 is 36.4 Å². The Labute approximate surface area is 237 Å². The van der Waals surface area contributed by atoms with Crippen LogP contribution in [-0.2, 0) is 29.7 Å². The number of nitrogens with zero attached hydrogens (tertiary/aromatic N) is 5. The molecule has 0 saturated heterocycles. The summed E-state index contributed by atoms with van der Waals surface area (Å²) >= 11 is 0. The van der Waals surface area contributed by atoms with Crippen LogP contribution in [0.15, 0.2) is 85.5 Å². The minimum absolute atomic E-state index is 0.00494. The normalized spacial score (nSPS) is 18.7. The molecule has 0 spiro atoms. The lowest BCUT2D eigenvalue weighted by atomic mass is 10.1. The number of allylic oxidation sites excluding steroid dienone is 1. The van der Waals surface area contributed by atoms with E-state index in [1.807, 2.05) is 84.3 Å². The number of para-hydroxylation sites is 1. The number of nitrogens with two attached hydrogens (primary N) is 2.